The lowest BCUT2D eigenvalue weighted by molar-refractivity contribution is -0.0399. The number of benzene rings is 6. The lowest BCUT2D eigenvalue weighted by atomic mass is 9.43. The van der Waals surface area contributed by atoms with Crippen LogP contribution in [0.15, 0.2) is 140 Å². The van der Waals surface area contributed by atoms with Gasteiger partial charge in [0.2, 0.25) is 0 Å². The van der Waals surface area contributed by atoms with Gasteiger partial charge in [0.05, 0.1) is 5.69 Å². The molecular weight excluding hydrogens is 542 g/mol. The molecule has 4 fully saturated rings. The number of hydrogen-bond donors (Lipinski definition) is 0. The van der Waals surface area contributed by atoms with Gasteiger partial charge in [-0.2, -0.15) is 0 Å². The smallest absolute Gasteiger partial charge is 0.0543 e. The van der Waals surface area contributed by atoms with Crippen molar-refractivity contribution < 1.29 is 0 Å². The molecule has 0 amide bonds. The van der Waals surface area contributed by atoms with Crippen molar-refractivity contribution >= 4 is 27.8 Å². The Morgan fingerprint density at radius 3 is 1.87 bits per heavy atom. The number of nitrogens with zero attached hydrogens (tertiary/aromatic N) is 1. The van der Waals surface area contributed by atoms with E-state index >= 15 is 0 Å². The second-order valence-corrected chi connectivity index (χ2v) is 14.2. The molecule has 11 rings (SSSR count). The molecule has 0 radical (unpaired) electrons. The first-order valence-electron chi connectivity index (χ1n) is 17.0. The van der Waals surface area contributed by atoms with Crippen LogP contribution in [0.3, 0.4) is 0 Å². The highest BCUT2D eigenvalue weighted by atomic mass is 15.1. The fourth-order valence-corrected chi connectivity index (χ4v) is 10.6. The summed E-state index contributed by atoms with van der Waals surface area (Å²) in [7, 11) is 0. The summed E-state index contributed by atoms with van der Waals surface area (Å²) in [4.78, 5) is 2.51. The first-order chi connectivity index (χ1) is 22.3. The van der Waals surface area contributed by atoms with Crippen molar-refractivity contribution in [3.63, 3.8) is 0 Å². The van der Waals surface area contributed by atoms with Gasteiger partial charge < -0.3 is 4.90 Å². The second-order valence-electron chi connectivity index (χ2n) is 14.2. The summed E-state index contributed by atoms with van der Waals surface area (Å²) in [5.41, 5.74) is 12.5. The molecule has 0 unspecified atom stereocenters. The second kappa shape index (κ2) is 9.69. The number of rotatable bonds is 4. The molecule has 1 spiro atoms. The van der Waals surface area contributed by atoms with E-state index in [0.29, 0.717) is 0 Å². The summed E-state index contributed by atoms with van der Waals surface area (Å²) < 4.78 is 0. The molecule has 1 nitrogen and oxygen atoms in total. The summed E-state index contributed by atoms with van der Waals surface area (Å²) in [5.74, 6) is 3.41. The van der Waals surface area contributed by atoms with Crippen molar-refractivity contribution in [3.05, 3.63) is 151 Å². The Morgan fingerprint density at radius 2 is 1.07 bits per heavy atom. The van der Waals surface area contributed by atoms with E-state index in [1.807, 2.05) is 0 Å². The van der Waals surface area contributed by atoms with Crippen molar-refractivity contribution in [1.82, 2.24) is 0 Å². The van der Waals surface area contributed by atoms with E-state index in [2.05, 4.69) is 144 Å². The van der Waals surface area contributed by atoms with Crippen molar-refractivity contribution in [3.8, 4) is 22.3 Å². The standard InChI is InChI=1S/C44H37N/c1-2-12-35(13-3-1)45(36-22-20-32(21-23-36)38-16-8-11-31-10-4-5-14-37(31)38)42-19-9-18-41-43(42)39-15-6-7-17-40(39)44(41)33-25-29-24-30(27-33)28-34(44)26-29/h1-23,29-30,33-34H,24-28H2. The van der Waals surface area contributed by atoms with Crippen LogP contribution in [-0.2, 0) is 5.41 Å². The van der Waals surface area contributed by atoms with E-state index in [0.717, 1.165) is 23.7 Å². The number of hydrogen-bond acceptors (Lipinski definition) is 1. The van der Waals surface area contributed by atoms with Crippen LogP contribution in [-0.4, -0.2) is 0 Å². The van der Waals surface area contributed by atoms with Gasteiger partial charge in [-0.1, -0.05) is 109 Å². The molecular formula is C44H37N. The topological polar surface area (TPSA) is 3.24 Å². The maximum Gasteiger partial charge on any atom is 0.0543 e. The van der Waals surface area contributed by atoms with Gasteiger partial charge in [-0.05, 0) is 125 Å². The molecule has 4 saturated carbocycles. The fraction of sp³-hybridized carbons (Fsp3) is 0.227. The Morgan fingerprint density at radius 1 is 0.467 bits per heavy atom. The predicted octanol–water partition coefficient (Wildman–Crippen LogP) is 11.7. The van der Waals surface area contributed by atoms with Gasteiger partial charge in [0.15, 0.2) is 0 Å². The van der Waals surface area contributed by atoms with Crippen LogP contribution in [0.5, 0.6) is 0 Å². The monoisotopic (exact) mass is 579 g/mol. The van der Waals surface area contributed by atoms with Crippen LogP contribution >= 0.6 is 0 Å². The van der Waals surface area contributed by atoms with E-state index in [1.165, 1.54) is 82.2 Å². The highest BCUT2D eigenvalue weighted by molar-refractivity contribution is 5.98. The quantitative estimate of drug-likeness (QED) is 0.201. The molecule has 6 aromatic rings. The largest absolute Gasteiger partial charge is 0.310 e. The Labute approximate surface area is 266 Å². The SMILES string of the molecule is c1ccc(N(c2ccc(-c3cccc4ccccc34)cc2)c2cccc3c2-c2ccccc2C32C3CC4CC(C3)CC2C4)cc1. The van der Waals surface area contributed by atoms with Gasteiger partial charge in [-0.25, -0.2) is 0 Å². The predicted molar refractivity (Wildman–Crippen MR) is 187 cm³/mol. The summed E-state index contributed by atoms with van der Waals surface area (Å²) in [6.07, 6.45) is 7.10. The zero-order valence-corrected chi connectivity index (χ0v) is 25.6. The molecule has 45 heavy (non-hydrogen) atoms. The number of fused-ring (bicyclic) bond motifs is 4. The van der Waals surface area contributed by atoms with Gasteiger partial charge in [-0.3, -0.25) is 0 Å². The van der Waals surface area contributed by atoms with Crippen molar-refractivity contribution in [1.29, 1.82) is 0 Å². The molecule has 6 aromatic carbocycles. The third-order valence-electron chi connectivity index (χ3n) is 12.0. The average Bonchev–Trinajstić information content (AvgIpc) is 3.39. The maximum absolute atomic E-state index is 2.51. The average molecular weight is 580 g/mol. The normalized spacial score (nSPS) is 25.4. The minimum atomic E-state index is 0.163. The van der Waals surface area contributed by atoms with Crippen LogP contribution < -0.4 is 4.90 Å². The Balaban J connectivity index is 1.16. The zero-order valence-electron chi connectivity index (χ0n) is 25.6. The minimum Gasteiger partial charge on any atom is -0.310 e. The van der Waals surface area contributed by atoms with Crippen molar-refractivity contribution in [2.75, 3.05) is 4.90 Å². The Hall–Kier alpha value is -4.62. The summed E-state index contributed by atoms with van der Waals surface area (Å²) in [6.45, 7) is 0. The molecule has 218 valence electrons. The highest BCUT2D eigenvalue weighted by Gasteiger charge is 2.61. The maximum atomic E-state index is 2.51. The van der Waals surface area contributed by atoms with E-state index in [-0.39, 0.29) is 5.41 Å². The Bertz CT molecular complexity index is 2040. The Kier molecular flexibility index (Phi) is 5.53. The molecule has 0 heterocycles. The lowest BCUT2D eigenvalue weighted by Crippen LogP contribution is -2.55. The zero-order chi connectivity index (χ0) is 29.5. The fourth-order valence-electron chi connectivity index (χ4n) is 10.6. The van der Waals surface area contributed by atoms with E-state index in [4.69, 9.17) is 0 Å². The first-order valence-corrected chi connectivity index (χ1v) is 17.0. The molecule has 5 aliphatic rings. The molecule has 0 aliphatic heterocycles. The molecule has 0 N–H and O–H groups in total. The lowest BCUT2D eigenvalue weighted by Gasteiger charge is -2.61. The van der Waals surface area contributed by atoms with Crippen LogP contribution in [0.2, 0.25) is 0 Å². The highest BCUT2D eigenvalue weighted by Crippen LogP contribution is 2.70. The van der Waals surface area contributed by atoms with Gasteiger partial charge in [-0.15, -0.1) is 0 Å². The van der Waals surface area contributed by atoms with Crippen LogP contribution in [0, 0.1) is 23.7 Å². The van der Waals surface area contributed by atoms with E-state index in [9.17, 15) is 0 Å². The summed E-state index contributed by atoms with van der Waals surface area (Å²) in [6, 6.07) is 52.3. The number of anilines is 3. The van der Waals surface area contributed by atoms with E-state index < -0.39 is 0 Å². The molecule has 5 aliphatic carbocycles. The molecule has 1 heteroatoms. The minimum absolute atomic E-state index is 0.163. The van der Waals surface area contributed by atoms with Crippen molar-refractivity contribution in [2.24, 2.45) is 23.7 Å². The van der Waals surface area contributed by atoms with Gasteiger partial charge >= 0.3 is 0 Å². The van der Waals surface area contributed by atoms with Crippen LogP contribution in [0.1, 0.15) is 43.2 Å². The van der Waals surface area contributed by atoms with Gasteiger partial charge in [0, 0.05) is 22.4 Å². The summed E-state index contributed by atoms with van der Waals surface area (Å²) >= 11 is 0. The summed E-state index contributed by atoms with van der Waals surface area (Å²) in [5, 5.41) is 2.58. The van der Waals surface area contributed by atoms with Crippen molar-refractivity contribution in [2.45, 2.75) is 37.5 Å². The third-order valence-corrected chi connectivity index (χ3v) is 12.0. The third kappa shape index (κ3) is 3.61. The van der Waals surface area contributed by atoms with Crippen LogP contribution in [0.4, 0.5) is 17.1 Å². The van der Waals surface area contributed by atoms with Gasteiger partial charge in [0.1, 0.15) is 0 Å². The molecule has 0 saturated heterocycles. The first kappa shape index (κ1) is 25.7. The molecule has 0 atom stereocenters. The van der Waals surface area contributed by atoms with E-state index in [1.54, 1.807) is 11.1 Å². The molecule has 0 aromatic heterocycles. The molecule has 4 bridgehead atoms. The number of para-hydroxylation sites is 1. The van der Waals surface area contributed by atoms with Gasteiger partial charge in [0.25, 0.3) is 0 Å². The van der Waals surface area contributed by atoms with Crippen LogP contribution in [0.25, 0.3) is 33.0 Å².